The topological polar surface area (TPSA) is 80.2 Å². The molecule has 0 bridgehead atoms. The van der Waals surface area contributed by atoms with Gasteiger partial charge in [0.25, 0.3) is 0 Å². The Hall–Kier alpha value is -3.33. The number of hydrogen-bond acceptors (Lipinski definition) is 6. The van der Waals surface area contributed by atoms with Crippen LogP contribution in [0.5, 0.6) is 5.88 Å². The Morgan fingerprint density at radius 3 is 2.93 bits per heavy atom. The van der Waals surface area contributed by atoms with Crippen molar-refractivity contribution >= 4 is 40.0 Å². The van der Waals surface area contributed by atoms with Crippen molar-refractivity contribution in [2.75, 3.05) is 18.4 Å². The van der Waals surface area contributed by atoms with Gasteiger partial charge in [-0.2, -0.15) is 0 Å². The third-order valence-corrected chi connectivity index (χ3v) is 4.93. The Kier molecular flexibility index (Phi) is 5.45. The maximum atomic E-state index is 14.2. The molecule has 7 nitrogen and oxygen atoms in total. The molecule has 0 radical (unpaired) electrons. The molecule has 1 amide bonds. The molecular weight excluding hydrogens is 416 g/mol. The maximum absolute atomic E-state index is 14.2. The van der Waals surface area contributed by atoms with Crippen LogP contribution in [0.3, 0.4) is 0 Å². The van der Waals surface area contributed by atoms with Crippen LogP contribution in [0.2, 0.25) is 5.02 Å². The van der Waals surface area contributed by atoms with Crippen LogP contribution >= 0.6 is 11.6 Å². The molecule has 2 aromatic heterocycles. The van der Waals surface area contributed by atoms with Gasteiger partial charge in [-0.05, 0) is 18.2 Å². The largest absolute Gasteiger partial charge is 0.472 e. The van der Waals surface area contributed by atoms with Crippen LogP contribution in [-0.2, 0) is 4.79 Å². The van der Waals surface area contributed by atoms with Crippen molar-refractivity contribution in [2.24, 2.45) is 0 Å². The van der Waals surface area contributed by atoms with E-state index in [1.807, 2.05) is 0 Å². The van der Waals surface area contributed by atoms with Gasteiger partial charge in [-0.15, -0.1) is 0 Å². The number of benzene rings is 1. The van der Waals surface area contributed by atoms with Crippen molar-refractivity contribution in [3.8, 4) is 5.88 Å². The number of likely N-dealkylation sites (tertiary alicyclic amines) is 1. The predicted molar refractivity (Wildman–Crippen MR) is 108 cm³/mol. The molecule has 4 rings (SSSR count). The van der Waals surface area contributed by atoms with E-state index in [1.54, 1.807) is 17.0 Å². The Morgan fingerprint density at radius 2 is 2.13 bits per heavy atom. The standard InChI is InChI=1S/C20H16ClF2N5O2/c1-2-18(29)28-6-5-11(9-28)30-17-4-3-15-19(27-17)20(25-10-24-15)26-16-8-13(22)12(21)7-14(16)23/h2-4,7-8,10-11H,1,5-6,9H2,(H,24,25,26)/t11-/m0/s1. The van der Waals surface area contributed by atoms with E-state index in [4.69, 9.17) is 16.3 Å². The highest BCUT2D eigenvalue weighted by molar-refractivity contribution is 6.30. The normalized spacial score (nSPS) is 16.0. The summed E-state index contributed by atoms with van der Waals surface area (Å²) >= 11 is 5.60. The number of aromatic nitrogens is 3. The lowest BCUT2D eigenvalue weighted by Crippen LogP contribution is -2.29. The molecule has 0 aliphatic carbocycles. The van der Waals surface area contributed by atoms with Crippen LogP contribution in [-0.4, -0.2) is 45.0 Å². The number of hydrogen-bond donors (Lipinski definition) is 1. The van der Waals surface area contributed by atoms with Crippen molar-refractivity contribution in [3.05, 3.63) is 59.9 Å². The van der Waals surface area contributed by atoms with E-state index >= 15 is 0 Å². The first-order valence-corrected chi connectivity index (χ1v) is 9.43. The first-order chi connectivity index (χ1) is 14.4. The van der Waals surface area contributed by atoms with Crippen molar-refractivity contribution in [1.82, 2.24) is 19.9 Å². The number of nitrogens with one attached hydrogen (secondary N) is 1. The summed E-state index contributed by atoms with van der Waals surface area (Å²) in [5.74, 6) is -1.17. The quantitative estimate of drug-likeness (QED) is 0.488. The predicted octanol–water partition coefficient (Wildman–Crippen LogP) is 3.87. The number of nitrogens with zero attached hydrogens (tertiary/aromatic N) is 4. The van der Waals surface area contributed by atoms with Gasteiger partial charge < -0.3 is 15.0 Å². The third kappa shape index (κ3) is 4.02. The summed E-state index contributed by atoms with van der Waals surface area (Å²) in [7, 11) is 0. The fraction of sp³-hybridized carbons (Fsp3) is 0.200. The van der Waals surface area contributed by atoms with E-state index in [0.717, 1.165) is 12.1 Å². The SMILES string of the molecule is C=CC(=O)N1CC[C@H](Oc2ccc3ncnc(Nc4cc(F)c(Cl)cc4F)c3n2)C1. The average molecular weight is 432 g/mol. The lowest BCUT2D eigenvalue weighted by atomic mass is 10.2. The number of pyridine rings is 1. The number of rotatable bonds is 5. The fourth-order valence-electron chi connectivity index (χ4n) is 3.15. The molecule has 3 aromatic rings. The first-order valence-electron chi connectivity index (χ1n) is 9.06. The number of carbonyl (C=O) groups is 1. The molecule has 0 spiro atoms. The van der Waals surface area contributed by atoms with Gasteiger partial charge in [0, 0.05) is 25.1 Å². The summed E-state index contributed by atoms with van der Waals surface area (Å²) < 4.78 is 33.8. The average Bonchev–Trinajstić information content (AvgIpc) is 3.20. The molecule has 1 N–H and O–H groups in total. The van der Waals surface area contributed by atoms with Gasteiger partial charge in [-0.3, -0.25) is 4.79 Å². The molecule has 1 aliphatic heterocycles. The molecule has 0 unspecified atom stereocenters. The number of carbonyl (C=O) groups excluding carboxylic acids is 1. The number of fused-ring (bicyclic) bond motifs is 1. The lowest BCUT2D eigenvalue weighted by molar-refractivity contribution is -0.125. The highest BCUT2D eigenvalue weighted by atomic mass is 35.5. The van der Waals surface area contributed by atoms with Crippen molar-refractivity contribution in [3.63, 3.8) is 0 Å². The van der Waals surface area contributed by atoms with E-state index in [9.17, 15) is 13.6 Å². The van der Waals surface area contributed by atoms with E-state index < -0.39 is 11.6 Å². The zero-order valence-corrected chi connectivity index (χ0v) is 16.4. The minimum atomic E-state index is -0.768. The highest BCUT2D eigenvalue weighted by Crippen LogP contribution is 2.28. The molecule has 10 heteroatoms. The summed E-state index contributed by atoms with van der Waals surface area (Å²) in [5.41, 5.74) is 0.672. The second-order valence-corrected chi connectivity index (χ2v) is 7.03. The molecule has 3 heterocycles. The van der Waals surface area contributed by atoms with Crippen molar-refractivity contribution < 1.29 is 18.3 Å². The van der Waals surface area contributed by atoms with Gasteiger partial charge in [0.1, 0.15) is 29.6 Å². The van der Waals surface area contributed by atoms with E-state index in [-0.39, 0.29) is 28.5 Å². The molecule has 1 fully saturated rings. The minimum Gasteiger partial charge on any atom is -0.472 e. The van der Waals surface area contributed by atoms with Gasteiger partial charge >= 0.3 is 0 Å². The number of anilines is 2. The molecule has 0 saturated carbocycles. The summed E-state index contributed by atoms with van der Waals surface area (Å²) in [5, 5.41) is 2.41. The molecule has 1 aliphatic rings. The monoisotopic (exact) mass is 431 g/mol. The van der Waals surface area contributed by atoms with Gasteiger partial charge in [0.15, 0.2) is 5.82 Å². The Bertz CT molecular complexity index is 1140. The molecule has 154 valence electrons. The van der Waals surface area contributed by atoms with Crippen LogP contribution in [0.25, 0.3) is 11.0 Å². The van der Waals surface area contributed by atoms with Crippen LogP contribution < -0.4 is 10.1 Å². The number of amides is 1. The molecule has 1 saturated heterocycles. The fourth-order valence-corrected chi connectivity index (χ4v) is 3.30. The van der Waals surface area contributed by atoms with Crippen molar-refractivity contribution in [1.29, 1.82) is 0 Å². The van der Waals surface area contributed by atoms with Crippen LogP contribution in [0.1, 0.15) is 6.42 Å². The minimum absolute atomic E-state index is 0.139. The number of halogens is 3. The Balaban J connectivity index is 1.59. The molecule has 1 atom stereocenters. The molecule has 30 heavy (non-hydrogen) atoms. The van der Waals surface area contributed by atoms with Crippen LogP contribution in [0.4, 0.5) is 20.3 Å². The van der Waals surface area contributed by atoms with E-state index in [2.05, 4.69) is 26.8 Å². The van der Waals surface area contributed by atoms with E-state index in [1.165, 1.54) is 12.4 Å². The van der Waals surface area contributed by atoms with Gasteiger partial charge in [-0.25, -0.2) is 23.7 Å². The van der Waals surface area contributed by atoms with Crippen LogP contribution in [0, 0.1) is 11.6 Å². The summed E-state index contributed by atoms with van der Waals surface area (Å²) in [6.07, 6.45) is 2.99. The Labute approximate surface area is 175 Å². The summed E-state index contributed by atoms with van der Waals surface area (Å²) in [6, 6.07) is 5.15. The second kappa shape index (κ2) is 8.19. The van der Waals surface area contributed by atoms with Crippen molar-refractivity contribution in [2.45, 2.75) is 12.5 Å². The van der Waals surface area contributed by atoms with Gasteiger partial charge in [0.05, 0.1) is 22.8 Å². The van der Waals surface area contributed by atoms with E-state index in [0.29, 0.717) is 36.4 Å². The zero-order valence-electron chi connectivity index (χ0n) is 15.6. The molecular formula is C20H16ClF2N5O2. The lowest BCUT2D eigenvalue weighted by Gasteiger charge is -2.15. The highest BCUT2D eigenvalue weighted by Gasteiger charge is 2.26. The summed E-state index contributed by atoms with van der Waals surface area (Å²) in [6.45, 7) is 4.48. The molecule has 1 aromatic carbocycles. The van der Waals surface area contributed by atoms with Gasteiger partial charge in [0.2, 0.25) is 11.8 Å². The second-order valence-electron chi connectivity index (χ2n) is 6.63. The third-order valence-electron chi connectivity index (χ3n) is 4.64. The Morgan fingerprint density at radius 1 is 1.30 bits per heavy atom. The number of ether oxygens (including phenoxy) is 1. The first kappa shape index (κ1) is 20.0. The van der Waals surface area contributed by atoms with Gasteiger partial charge in [-0.1, -0.05) is 18.2 Å². The zero-order chi connectivity index (χ0) is 21.3. The van der Waals surface area contributed by atoms with Crippen LogP contribution in [0.15, 0.2) is 43.2 Å². The summed E-state index contributed by atoms with van der Waals surface area (Å²) in [4.78, 5) is 26.0. The smallest absolute Gasteiger partial charge is 0.246 e. The maximum Gasteiger partial charge on any atom is 0.246 e.